The van der Waals surface area contributed by atoms with Crippen LogP contribution in [0.1, 0.15) is 68.1 Å². The van der Waals surface area contributed by atoms with Gasteiger partial charge in [-0.1, -0.05) is 37.5 Å². The number of rotatable bonds is 10. The first-order chi connectivity index (χ1) is 19.0. The Labute approximate surface area is 238 Å². The standard InChI is InChI=1S/C29H43N5O5S/c1-22-20-23(21-33(28(36)37)16-7-15-32(2)3)10-11-24(22)12-19-40(38,39)34-17-13-29(14-18-34)27(35)30-26(31-29)25-8-5-4-6-9-25/h10-12,19-20,25H,4-9,13-18,21H2,1-3H3,(H,36,37)(H,30,31,35)/b19-12+. The van der Waals surface area contributed by atoms with Crippen LogP contribution in [-0.4, -0.2) is 91.3 Å². The van der Waals surface area contributed by atoms with E-state index in [-0.39, 0.29) is 25.5 Å². The van der Waals surface area contributed by atoms with E-state index in [0.29, 0.717) is 25.3 Å². The first-order valence-electron chi connectivity index (χ1n) is 14.3. The Morgan fingerprint density at radius 3 is 2.50 bits per heavy atom. The lowest BCUT2D eigenvalue weighted by atomic mass is 9.88. The molecule has 1 aromatic carbocycles. The zero-order chi connectivity index (χ0) is 28.9. The van der Waals surface area contributed by atoms with E-state index < -0.39 is 21.7 Å². The molecule has 2 aliphatic heterocycles. The van der Waals surface area contributed by atoms with Gasteiger partial charge in [0.25, 0.3) is 5.91 Å². The molecule has 0 aromatic heterocycles. The molecule has 1 spiro atoms. The second-order valence-corrected chi connectivity index (χ2v) is 13.4. The van der Waals surface area contributed by atoms with Crippen LogP contribution >= 0.6 is 0 Å². The van der Waals surface area contributed by atoms with Crippen LogP contribution in [0.2, 0.25) is 0 Å². The summed E-state index contributed by atoms with van der Waals surface area (Å²) in [6, 6.07) is 5.57. The molecule has 10 nitrogen and oxygen atoms in total. The average Bonchev–Trinajstić information content (AvgIpc) is 3.23. The van der Waals surface area contributed by atoms with Crippen molar-refractivity contribution in [1.29, 1.82) is 0 Å². The summed E-state index contributed by atoms with van der Waals surface area (Å²) in [4.78, 5) is 32.8. The molecule has 0 atom stereocenters. The number of amides is 2. The molecule has 0 radical (unpaired) electrons. The van der Waals surface area contributed by atoms with Gasteiger partial charge < -0.3 is 20.2 Å². The molecule has 1 aliphatic carbocycles. The van der Waals surface area contributed by atoms with Gasteiger partial charge in [0.05, 0.1) is 0 Å². The Hall–Kier alpha value is -2.76. The van der Waals surface area contributed by atoms with E-state index >= 15 is 0 Å². The fourth-order valence-electron chi connectivity index (χ4n) is 5.87. The Balaban J connectivity index is 1.36. The number of aliphatic imine (C=N–C) groups is 1. The van der Waals surface area contributed by atoms with Gasteiger partial charge in [-0.3, -0.25) is 9.79 Å². The lowest BCUT2D eigenvalue weighted by Crippen LogP contribution is -2.50. The first kappa shape index (κ1) is 30.2. The van der Waals surface area contributed by atoms with Crippen LogP contribution in [0, 0.1) is 12.8 Å². The first-order valence-corrected chi connectivity index (χ1v) is 15.8. The van der Waals surface area contributed by atoms with Crippen LogP contribution in [0.5, 0.6) is 0 Å². The lowest BCUT2D eigenvalue weighted by molar-refractivity contribution is -0.125. The highest BCUT2D eigenvalue weighted by molar-refractivity contribution is 7.92. The number of piperidine rings is 1. The number of carbonyl (C=O) groups is 2. The minimum absolute atomic E-state index is 0.0875. The normalized spacial score (nSPS) is 20.3. The molecule has 3 aliphatic rings. The largest absolute Gasteiger partial charge is 0.465 e. The van der Waals surface area contributed by atoms with Gasteiger partial charge >= 0.3 is 6.09 Å². The third-order valence-corrected chi connectivity index (χ3v) is 9.90. The quantitative estimate of drug-likeness (QED) is 0.440. The van der Waals surface area contributed by atoms with E-state index in [4.69, 9.17) is 4.99 Å². The van der Waals surface area contributed by atoms with Crippen LogP contribution in [0.15, 0.2) is 28.6 Å². The number of carbonyl (C=O) groups excluding carboxylic acids is 1. The fraction of sp³-hybridized carbons (Fsp3) is 0.621. The zero-order valence-electron chi connectivity index (χ0n) is 23.9. The molecule has 2 amide bonds. The molecule has 0 bridgehead atoms. The van der Waals surface area contributed by atoms with E-state index in [0.717, 1.165) is 61.2 Å². The molecule has 1 aromatic rings. The molecule has 2 fully saturated rings. The Kier molecular flexibility index (Phi) is 9.68. The number of sulfonamides is 1. The summed E-state index contributed by atoms with van der Waals surface area (Å²) >= 11 is 0. The number of hydrogen-bond acceptors (Lipinski definition) is 6. The van der Waals surface area contributed by atoms with Gasteiger partial charge in [-0.2, -0.15) is 4.31 Å². The molecule has 1 saturated carbocycles. The third-order valence-electron chi connectivity index (χ3n) is 8.33. The second-order valence-electron chi connectivity index (χ2n) is 11.6. The van der Waals surface area contributed by atoms with E-state index in [1.54, 1.807) is 6.08 Å². The molecule has 4 rings (SSSR count). The molecule has 1 saturated heterocycles. The van der Waals surface area contributed by atoms with Gasteiger partial charge in [0.15, 0.2) is 0 Å². The van der Waals surface area contributed by atoms with E-state index in [9.17, 15) is 23.1 Å². The Morgan fingerprint density at radius 1 is 1.18 bits per heavy atom. The summed E-state index contributed by atoms with van der Waals surface area (Å²) in [5.41, 5.74) is 1.64. The summed E-state index contributed by atoms with van der Waals surface area (Å²) in [5, 5.41) is 13.8. The second kappa shape index (κ2) is 12.8. The SMILES string of the molecule is Cc1cc(CN(CCCN(C)C)C(=O)O)ccc1/C=C/S(=O)(=O)N1CCC2(CC1)N=C(C1CCCCC1)NC2=O. The van der Waals surface area contributed by atoms with Crippen molar-refractivity contribution in [3.63, 3.8) is 0 Å². The van der Waals surface area contributed by atoms with Crippen molar-refractivity contribution in [3.05, 3.63) is 40.3 Å². The highest BCUT2D eigenvalue weighted by Crippen LogP contribution is 2.35. The molecule has 11 heteroatoms. The topological polar surface area (TPSA) is 123 Å². The summed E-state index contributed by atoms with van der Waals surface area (Å²) < 4.78 is 27.7. The Bertz CT molecular complexity index is 1250. The van der Waals surface area contributed by atoms with Crippen molar-refractivity contribution in [3.8, 4) is 0 Å². The summed E-state index contributed by atoms with van der Waals surface area (Å²) in [7, 11) is 0.243. The van der Waals surface area contributed by atoms with Gasteiger partial charge in [-0.05, 0) is 82.4 Å². The van der Waals surface area contributed by atoms with Crippen LogP contribution in [0.3, 0.4) is 0 Å². The molecule has 220 valence electrons. The van der Waals surface area contributed by atoms with E-state index in [1.165, 1.54) is 21.0 Å². The number of benzene rings is 1. The van der Waals surface area contributed by atoms with Crippen molar-refractivity contribution in [2.75, 3.05) is 40.3 Å². The average molecular weight is 574 g/mol. The summed E-state index contributed by atoms with van der Waals surface area (Å²) in [5.74, 6) is 1.03. The summed E-state index contributed by atoms with van der Waals surface area (Å²) in [6.07, 6.45) is 7.78. The van der Waals surface area contributed by atoms with Crippen molar-refractivity contribution in [2.24, 2.45) is 10.9 Å². The van der Waals surface area contributed by atoms with Crippen LogP contribution in [-0.2, 0) is 21.4 Å². The smallest absolute Gasteiger partial charge is 0.407 e. The van der Waals surface area contributed by atoms with E-state index in [1.807, 2.05) is 44.1 Å². The maximum Gasteiger partial charge on any atom is 0.407 e. The number of amidine groups is 1. The Morgan fingerprint density at radius 2 is 1.88 bits per heavy atom. The van der Waals surface area contributed by atoms with Crippen LogP contribution in [0.4, 0.5) is 4.79 Å². The molecule has 2 heterocycles. The third kappa shape index (κ3) is 7.30. The number of carboxylic acid groups (broad SMARTS) is 1. The lowest BCUT2D eigenvalue weighted by Gasteiger charge is -2.34. The predicted molar refractivity (Wildman–Crippen MR) is 156 cm³/mol. The number of nitrogens with one attached hydrogen (secondary N) is 1. The van der Waals surface area contributed by atoms with Crippen LogP contribution < -0.4 is 5.32 Å². The van der Waals surface area contributed by atoms with Gasteiger partial charge in [0.1, 0.15) is 11.4 Å². The van der Waals surface area contributed by atoms with Gasteiger partial charge in [0, 0.05) is 37.5 Å². The zero-order valence-corrected chi connectivity index (χ0v) is 24.8. The van der Waals surface area contributed by atoms with Gasteiger partial charge in [-0.15, -0.1) is 0 Å². The van der Waals surface area contributed by atoms with Gasteiger partial charge in [-0.25, -0.2) is 13.2 Å². The van der Waals surface area contributed by atoms with Crippen molar-refractivity contribution >= 4 is 33.9 Å². The number of hydrogen-bond donors (Lipinski definition) is 2. The molecule has 2 N–H and O–H groups in total. The molecule has 40 heavy (non-hydrogen) atoms. The van der Waals surface area contributed by atoms with Crippen LogP contribution in [0.25, 0.3) is 6.08 Å². The highest BCUT2D eigenvalue weighted by atomic mass is 32.2. The fourth-order valence-corrected chi connectivity index (χ4v) is 7.05. The molecular weight excluding hydrogens is 530 g/mol. The van der Waals surface area contributed by atoms with Crippen molar-refractivity contribution in [1.82, 2.24) is 19.4 Å². The highest BCUT2D eigenvalue weighted by Gasteiger charge is 2.48. The maximum atomic E-state index is 13.1. The minimum Gasteiger partial charge on any atom is -0.465 e. The van der Waals surface area contributed by atoms with Crippen molar-refractivity contribution in [2.45, 2.75) is 70.4 Å². The minimum atomic E-state index is -3.67. The maximum absolute atomic E-state index is 13.1. The van der Waals surface area contributed by atoms with E-state index in [2.05, 4.69) is 5.32 Å². The number of aryl methyl sites for hydroxylation is 1. The summed E-state index contributed by atoms with van der Waals surface area (Å²) in [6.45, 7) is 3.91. The van der Waals surface area contributed by atoms with Crippen molar-refractivity contribution < 1.29 is 23.1 Å². The predicted octanol–water partition coefficient (Wildman–Crippen LogP) is 3.67. The van der Waals surface area contributed by atoms with Gasteiger partial charge in [0.2, 0.25) is 10.0 Å². The number of nitrogens with zero attached hydrogens (tertiary/aromatic N) is 4. The molecular formula is C29H43N5O5S. The molecule has 0 unspecified atom stereocenters. The monoisotopic (exact) mass is 573 g/mol.